The summed E-state index contributed by atoms with van der Waals surface area (Å²) in [5, 5.41) is 23.8. The van der Waals surface area contributed by atoms with Crippen LogP contribution in [0.1, 0.15) is 0 Å². The molecule has 32 valence electrons. The molecule has 0 saturated heterocycles. The van der Waals surface area contributed by atoms with Crippen molar-refractivity contribution in [3.8, 4) is 11.3 Å². The summed E-state index contributed by atoms with van der Waals surface area (Å²) in [6.45, 7) is 0. The van der Waals surface area contributed by atoms with Crippen LogP contribution in [0.2, 0.25) is 0 Å². The zero-order valence-electron chi connectivity index (χ0n) is 3.29. The van der Waals surface area contributed by atoms with Crippen LogP contribution in [0.25, 0.3) is 0 Å². The van der Waals surface area contributed by atoms with Gasteiger partial charge >= 0.3 is 48.9 Å². The molecule has 0 amide bonds. The molecule has 0 spiro atoms. The van der Waals surface area contributed by atoms with Crippen molar-refractivity contribution < 1.29 is 0 Å². The third-order valence-corrected chi connectivity index (χ3v) is 2.63. The van der Waals surface area contributed by atoms with Gasteiger partial charge in [0.25, 0.3) is 0 Å². The fraction of sp³-hybridized carbons (Fsp3) is 0. The summed E-state index contributed by atoms with van der Waals surface area (Å²) >= 11 is -2.79. The van der Waals surface area contributed by atoms with Gasteiger partial charge in [-0.1, -0.05) is 0 Å². The fourth-order valence-electron chi connectivity index (χ4n) is 0.0671. The number of hydrogen-bond acceptors (Lipinski definition) is 3. The van der Waals surface area contributed by atoms with Crippen LogP contribution in [0.4, 0.5) is 0 Å². The predicted molar refractivity (Wildman–Crippen MR) is 22.6 cm³/mol. The van der Waals surface area contributed by atoms with Crippen LogP contribution in [0.15, 0.2) is 0 Å². The van der Waals surface area contributed by atoms with Crippen molar-refractivity contribution in [1.82, 2.24) is 0 Å². The van der Waals surface area contributed by atoms with Gasteiger partial charge in [0.1, 0.15) is 0 Å². The molecule has 0 atom stereocenters. The van der Waals surface area contributed by atoms with Crippen molar-refractivity contribution in [2.75, 3.05) is 0 Å². The first-order chi connectivity index (χ1) is 3.35. The molecule has 0 rings (SSSR count). The summed E-state index contributed by atoms with van der Waals surface area (Å²) in [4.78, 5) is 0. The van der Waals surface area contributed by atoms with Gasteiger partial charge in [-0.15, -0.1) is 0 Å². The third kappa shape index (κ3) is 2.10. The molecule has 0 bridgehead atoms. The number of rotatable bonds is 0. The van der Waals surface area contributed by atoms with Gasteiger partial charge in [0, 0.05) is 0 Å². The van der Waals surface area contributed by atoms with E-state index in [2.05, 4.69) is 0 Å². The summed E-state index contributed by atoms with van der Waals surface area (Å²) in [6.07, 6.45) is 0. The van der Waals surface area contributed by atoms with Crippen molar-refractivity contribution in [2.24, 2.45) is 0 Å². The summed E-state index contributed by atoms with van der Waals surface area (Å²) in [7, 11) is 0. The first kappa shape index (κ1) is 6.35. The van der Waals surface area contributed by atoms with Gasteiger partial charge in [0.15, 0.2) is 0 Å². The van der Waals surface area contributed by atoms with E-state index in [0.717, 1.165) is 0 Å². The van der Waals surface area contributed by atoms with E-state index >= 15 is 0 Å². The molecule has 7 heavy (non-hydrogen) atoms. The zero-order valence-corrected chi connectivity index (χ0v) is 6.77. The third-order valence-electron chi connectivity index (χ3n) is 0.300. The van der Waals surface area contributed by atoms with E-state index in [9.17, 15) is 0 Å². The maximum absolute atomic E-state index is 7.92. The van der Waals surface area contributed by atoms with Crippen molar-refractivity contribution in [3.63, 3.8) is 0 Å². The number of nitrogens with zero attached hydrogens (tertiary/aromatic N) is 3. The Hall–Kier alpha value is -0.647. The van der Waals surface area contributed by atoms with Crippen LogP contribution in [0.3, 0.4) is 0 Å². The molecular formula is C3BiN3. The molecule has 0 aromatic rings. The predicted octanol–water partition coefficient (Wildman–Crippen LogP) is -0.330. The van der Waals surface area contributed by atoms with Gasteiger partial charge in [-0.05, 0) is 0 Å². The molecule has 0 aromatic carbocycles. The molecule has 0 N–H and O–H groups in total. The zero-order chi connectivity index (χ0) is 5.70. The molecule has 0 aliphatic heterocycles. The topological polar surface area (TPSA) is 71.4 Å². The van der Waals surface area contributed by atoms with E-state index in [1.807, 2.05) is 0 Å². The van der Waals surface area contributed by atoms with E-state index < -0.39 is 21.8 Å². The summed E-state index contributed by atoms with van der Waals surface area (Å²) in [5.74, 6) is 0. The molecule has 0 heterocycles. The fourth-order valence-corrected chi connectivity index (χ4v) is 0.589. The summed E-state index contributed by atoms with van der Waals surface area (Å²) in [6, 6.07) is 0. The molecule has 0 aliphatic rings. The molecule has 0 unspecified atom stereocenters. The molecule has 0 fully saturated rings. The molecule has 0 saturated carbocycles. The van der Waals surface area contributed by atoms with E-state index in [1.165, 1.54) is 0 Å². The van der Waals surface area contributed by atoms with Crippen molar-refractivity contribution >= 4 is 21.8 Å². The molecule has 0 aliphatic carbocycles. The Kier molecular flexibility index (Phi) is 3.21. The van der Waals surface area contributed by atoms with E-state index in [-0.39, 0.29) is 0 Å². The molecule has 3 nitrogen and oxygen atoms in total. The average molecular weight is 287 g/mol. The first-order valence-electron chi connectivity index (χ1n) is 1.34. The molecule has 4 heteroatoms. The van der Waals surface area contributed by atoms with Gasteiger partial charge in [-0.3, -0.25) is 0 Å². The average Bonchev–Trinajstić information content (AvgIpc) is 1.72. The number of nitriles is 3. The normalized spacial score (nSPS) is 6.00. The minimum absolute atomic E-state index is 1.68. The Morgan fingerprint density at radius 3 is 1.14 bits per heavy atom. The van der Waals surface area contributed by atoms with Gasteiger partial charge in [-0.2, -0.15) is 0 Å². The quantitative estimate of drug-likeness (QED) is 0.573. The Bertz CT molecular complexity index is 133. The first-order valence-corrected chi connectivity index (χ1v) is 6.56. The molecule has 0 radical (unpaired) electrons. The van der Waals surface area contributed by atoms with E-state index in [1.54, 1.807) is 11.3 Å². The standard InChI is InChI=1S/3CN.Bi/c3*1-2;. The van der Waals surface area contributed by atoms with Gasteiger partial charge < -0.3 is 0 Å². The van der Waals surface area contributed by atoms with Crippen LogP contribution < -0.4 is 0 Å². The second-order valence-electron chi connectivity index (χ2n) is 0.635. The minimum atomic E-state index is -2.79. The van der Waals surface area contributed by atoms with Crippen LogP contribution in [-0.2, 0) is 0 Å². The van der Waals surface area contributed by atoms with Gasteiger partial charge in [0.05, 0.1) is 0 Å². The van der Waals surface area contributed by atoms with Crippen LogP contribution in [0, 0.1) is 27.1 Å². The molecule has 0 aromatic heterocycles. The SMILES string of the molecule is N#[C][Bi]([C]#N)[C]#N. The Morgan fingerprint density at radius 1 is 0.857 bits per heavy atom. The van der Waals surface area contributed by atoms with Crippen molar-refractivity contribution in [2.45, 2.75) is 0 Å². The van der Waals surface area contributed by atoms with Crippen molar-refractivity contribution in [3.05, 3.63) is 0 Å². The van der Waals surface area contributed by atoms with E-state index in [0.29, 0.717) is 0 Å². The molecular weight excluding hydrogens is 287 g/mol. The summed E-state index contributed by atoms with van der Waals surface area (Å²) in [5.41, 5.74) is 0. The monoisotopic (exact) mass is 287 g/mol. The Balaban J connectivity index is 3.82. The van der Waals surface area contributed by atoms with Gasteiger partial charge in [-0.25, -0.2) is 0 Å². The van der Waals surface area contributed by atoms with Crippen molar-refractivity contribution in [1.29, 1.82) is 15.8 Å². The second kappa shape index (κ2) is 3.54. The van der Waals surface area contributed by atoms with Crippen LogP contribution >= 0.6 is 0 Å². The second-order valence-corrected chi connectivity index (χ2v) is 5.58. The summed E-state index contributed by atoms with van der Waals surface area (Å²) < 4.78 is 5.05. The van der Waals surface area contributed by atoms with Gasteiger partial charge in [0.2, 0.25) is 0 Å². The Morgan fingerprint density at radius 2 is 1.14 bits per heavy atom. The van der Waals surface area contributed by atoms with E-state index in [4.69, 9.17) is 15.8 Å². The number of hydrogen-bond donors (Lipinski definition) is 0. The maximum atomic E-state index is 7.92. The van der Waals surface area contributed by atoms with Crippen LogP contribution in [-0.4, -0.2) is 21.8 Å². The van der Waals surface area contributed by atoms with Crippen LogP contribution in [0.5, 0.6) is 0 Å². The Labute approximate surface area is 49.1 Å².